The average Bonchev–Trinajstić information content (AvgIpc) is 2.54. The molecule has 1 aromatic carbocycles. The number of nitrogens with zero attached hydrogens (tertiary/aromatic N) is 1. The number of pyridine rings is 1. The molecule has 0 aliphatic rings. The smallest absolute Gasteiger partial charge is 0.339 e. The van der Waals surface area contributed by atoms with Crippen LogP contribution in [0.3, 0.4) is 0 Å². The van der Waals surface area contributed by atoms with Gasteiger partial charge in [0, 0.05) is 13.2 Å². The summed E-state index contributed by atoms with van der Waals surface area (Å²) in [6.45, 7) is 0. The number of carboxylic acids is 1. The molecule has 120 valence electrons. The summed E-state index contributed by atoms with van der Waals surface area (Å²) in [4.78, 5) is 27.0. The third-order valence-electron chi connectivity index (χ3n) is 3.06. The maximum Gasteiger partial charge on any atom is 0.339 e. The first-order valence-electron chi connectivity index (χ1n) is 6.53. The molecule has 1 heterocycles. The Labute approximate surface area is 137 Å². The second-order valence-corrected chi connectivity index (χ2v) is 4.84. The summed E-state index contributed by atoms with van der Waals surface area (Å²) >= 11 is 5.88. The second kappa shape index (κ2) is 6.97. The minimum Gasteiger partial charge on any atom is -0.494 e. The molecular weight excluding hydrogens is 322 g/mol. The van der Waals surface area contributed by atoms with Gasteiger partial charge in [-0.05, 0) is 18.2 Å². The van der Waals surface area contributed by atoms with Crippen LogP contribution in [0.5, 0.6) is 5.75 Å². The zero-order valence-electron chi connectivity index (χ0n) is 12.4. The van der Waals surface area contributed by atoms with Crippen LogP contribution in [0, 0.1) is 0 Å². The van der Waals surface area contributed by atoms with E-state index in [-0.39, 0.29) is 27.9 Å². The summed E-state index contributed by atoms with van der Waals surface area (Å²) in [6.07, 6.45) is 1.33. The van der Waals surface area contributed by atoms with Crippen LogP contribution >= 0.6 is 11.6 Å². The molecule has 7 nitrogen and oxygen atoms in total. The van der Waals surface area contributed by atoms with Crippen molar-refractivity contribution in [1.29, 1.82) is 0 Å². The van der Waals surface area contributed by atoms with Gasteiger partial charge in [-0.15, -0.1) is 0 Å². The minimum atomic E-state index is -1.12. The molecule has 23 heavy (non-hydrogen) atoms. The van der Waals surface area contributed by atoms with Gasteiger partial charge in [-0.3, -0.25) is 4.79 Å². The molecule has 0 radical (unpaired) electrons. The monoisotopic (exact) mass is 335 g/mol. The van der Waals surface area contributed by atoms with Crippen molar-refractivity contribution in [3.63, 3.8) is 0 Å². The Balaban J connectivity index is 2.51. The number of carbonyl (C=O) groups excluding carboxylic acids is 1. The number of ether oxygens (including phenoxy) is 1. The highest BCUT2D eigenvalue weighted by Crippen LogP contribution is 2.33. The van der Waals surface area contributed by atoms with Gasteiger partial charge in [0.15, 0.2) is 5.75 Å². The lowest BCUT2D eigenvalue weighted by atomic mass is 10.1. The van der Waals surface area contributed by atoms with E-state index in [2.05, 4.69) is 15.6 Å². The molecule has 0 aliphatic heterocycles. The predicted molar refractivity (Wildman–Crippen MR) is 85.9 cm³/mol. The van der Waals surface area contributed by atoms with E-state index in [0.717, 1.165) is 0 Å². The number of methoxy groups -OCH3 is 1. The molecule has 2 aromatic rings. The van der Waals surface area contributed by atoms with Gasteiger partial charge in [0.25, 0.3) is 5.91 Å². The number of carbonyl (C=O) groups is 2. The standard InChI is InChI=1S/C15H14ClN3O4/c1-17-14(20)9-7-18-12(16)6-11(9)19-10-5-3-4-8(15(21)22)13(10)23-2/h3-7H,1-2H3,(H,17,20)(H,18,19)(H,21,22). The highest BCUT2D eigenvalue weighted by molar-refractivity contribution is 6.29. The molecule has 0 saturated carbocycles. The highest BCUT2D eigenvalue weighted by atomic mass is 35.5. The molecule has 1 amide bonds. The van der Waals surface area contributed by atoms with Crippen LogP contribution in [0.1, 0.15) is 20.7 Å². The van der Waals surface area contributed by atoms with Gasteiger partial charge in [0.05, 0.1) is 24.0 Å². The lowest BCUT2D eigenvalue weighted by Crippen LogP contribution is -2.19. The van der Waals surface area contributed by atoms with Gasteiger partial charge in [0.2, 0.25) is 0 Å². The Bertz CT molecular complexity index is 764. The van der Waals surface area contributed by atoms with Crippen molar-refractivity contribution in [1.82, 2.24) is 10.3 Å². The largest absolute Gasteiger partial charge is 0.494 e. The molecule has 0 fully saturated rings. The van der Waals surface area contributed by atoms with Crippen LogP contribution in [0.25, 0.3) is 0 Å². The number of aromatic carboxylic acids is 1. The topological polar surface area (TPSA) is 101 Å². The number of aromatic nitrogens is 1. The number of benzene rings is 1. The molecule has 1 aromatic heterocycles. The van der Waals surface area contributed by atoms with Crippen LogP contribution in [0.15, 0.2) is 30.5 Å². The molecule has 0 atom stereocenters. The van der Waals surface area contributed by atoms with Crippen molar-refractivity contribution >= 4 is 34.9 Å². The van der Waals surface area contributed by atoms with Gasteiger partial charge >= 0.3 is 5.97 Å². The fourth-order valence-corrected chi connectivity index (χ4v) is 2.18. The van der Waals surface area contributed by atoms with Crippen molar-refractivity contribution in [2.24, 2.45) is 0 Å². The minimum absolute atomic E-state index is 0.000791. The zero-order chi connectivity index (χ0) is 17.0. The first-order valence-corrected chi connectivity index (χ1v) is 6.90. The number of para-hydroxylation sites is 1. The summed E-state index contributed by atoms with van der Waals surface area (Å²) in [5.41, 5.74) is 1.03. The predicted octanol–water partition coefficient (Wildman–Crippen LogP) is 2.54. The van der Waals surface area contributed by atoms with Crippen LogP contribution in [-0.4, -0.2) is 36.1 Å². The van der Waals surface area contributed by atoms with E-state index in [4.69, 9.17) is 16.3 Å². The second-order valence-electron chi connectivity index (χ2n) is 4.45. The fourth-order valence-electron chi connectivity index (χ4n) is 2.02. The first kappa shape index (κ1) is 16.6. The number of amides is 1. The SMILES string of the molecule is CNC(=O)c1cnc(Cl)cc1Nc1cccc(C(=O)O)c1OC. The van der Waals surface area contributed by atoms with E-state index in [0.29, 0.717) is 11.4 Å². The van der Waals surface area contributed by atoms with E-state index >= 15 is 0 Å². The molecule has 0 saturated heterocycles. The third-order valence-corrected chi connectivity index (χ3v) is 3.27. The van der Waals surface area contributed by atoms with Crippen LogP contribution < -0.4 is 15.4 Å². The number of halogens is 1. The van der Waals surface area contributed by atoms with Crippen molar-refractivity contribution < 1.29 is 19.4 Å². The van der Waals surface area contributed by atoms with Gasteiger partial charge in [-0.1, -0.05) is 17.7 Å². The molecular formula is C15H14ClN3O4. The van der Waals surface area contributed by atoms with E-state index in [1.807, 2.05) is 0 Å². The normalized spacial score (nSPS) is 10.0. The first-order chi connectivity index (χ1) is 11.0. The maximum atomic E-state index is 11.9. The zero-order valence-corrected chi connectivity index (χ0v) is 13.1. The summed E-state index contributed by atoms with van der Waals surface area (Å²) in [5.74, 6) is -1.33. The molecule has 0 spiro atoms. The number of rotatable bonds is 5. The van der Waals surface area contributed by atoms with Gasteiger partial charge < -0.3 is 20.5 Å². The van der Waals surface area contributed by atoms with Crippen molar-refractivity contribution in [3.05, 3.63) is 46.7 Å². The molecule has 0 bridgehead atoms. The van der Waals surface area contributed by atoms with Crippen molar-refractivity contribution in [3.8, 4) is 5.75 Å². The van der Waals surface area contributed by atoms with Crippen LogP contribution in [0.4, 0.5) is 11.4 Å². The summed E-state index contributed by atoms with van der Waals surface area (Å²) in [5, 5.41) is 14.9. The van der Waals surface area contributed by atoms with Crippen molar-refractivity contribution in [2.45, 2.75) is 0 Å². The van der Waals surface area contributed by atoms with Gasteiger partial charge in [-0.2, -0.15) is 0 Å². The molecule has 2 rings (SSSR count). The number of anilines is 2. The quantitative estimate of drug-likeness (QED) is 0.726. The Morgan fingerprint density at radius 3 is 2.61 bits per heavy atom. The summed E-state index contributed by atoms with van der Waals surface area (Å²) < 4.78 is 5.17. The number of nitrogens with one attached hydrogen (secondary N) is 2. The fraction of sp³-hybridized carbons (Fsp3) is 0.133. The molecule has 0 unspecified atom stereocenters. The lowest BCUT2D eigenvalue weighted by Gasteiger charge is -2.15. The third kappa shape index (κ3) is 3.51. The van der Waals surface area contributed by atoms with Crippen LogP contribution in [-0.2, 0) is 0 Å². The maximum absolute atomic E-state index is 11.9. The van der Waals surface area contributed by atoms with E-state index in [1.54, 1.807) is 12.1 Å². The number of hydrogen-bond acceptors (Lipinski definition) is 5. The summed E-state index contributed by atoms with van der Waals surface area (Å²) in [6, 6.07) is 6.09. The Kier molecular flexibility index (Phi) is 5.02. The Morgan fingerprint density at radius 1 is 1.26 bits per heavy atom. The van der Waals surface area contributed by atoms with E-state index in [1.165, 1.54) is 32.5 Å². The van der Waals surface area contributed by atoms with E-state index in [9.17, 15) is 14.7 Å². The molecule has 3 N–H and O–H groups in total. The number of hydrogen-bond donors (Lipinski definition) is 3. The lowest BCUT2D eigenvalue weighted by molar-refractivity contribution is 0.0693. The van der Waals surface area contributed by atoms with Crippen LogP contribution in [0.2, 0.25) is 5.15 Å². The highest BCUT2D eigenvalue weighted by Gasteiger charge is 2.17. The van der Waals surface area contributed by atoms with Gasteiger partial charge in [0.1, 0.15) is 10.7 Å². The average molecular weight is 336 g/mol. The van der Waals surface area contributed by atoms with Gasteiger partial charge in [-0.25, -0.2) is 9.78 Å². The van der Waals surface area contributed by atoms with E-state index < -0.39 is 5.97 Å². The Hall–Kier alpha value is -2.80. The molecule has 8 heteroatoms. The Morgan fingerprint density at radius 2 is 2.00 bits per heavy atom. The summed E-state index contributed by atoms with van der Waals surface area (Å²) in [7, 11) is 2.86. The number of carboxylic acid groups (broad SMARTS) is 1. The van der Waals surface area contributed by atoms with Crippen molar-refractivity contribution in [2.75, 3.05) is 19.5 Å². The molecule has 0 aliphatic carbocycles.